The summed E-state index contributed by atoms with van der Waals surface area (Å²) in [7, 11) is 3.41. The minimum atomic E-state index is -4.26. The lowest BCUT2D eigenvalue weighted by atomic mass is 9.78. The number of alkyl halides is 3. The van der Waals surface area contributed by atoms with E-state index in [-0.39, 0.29) is 12.3 Å². The fourth-order valence-corrected chi connectivity index (χ4v) is 2.70. The van der Waals surface area contributed by atoms with Crippen LogP contribution >= 0.6 is 0 Å². The van der Waals surface area contributed by atoms with Gasteiger partial charge in [0, 0.05) is 19.5 Å². The van der Waals surface area contributed by atoms with E-state index < -0.39 is 18.0 Å². The first kappa shape index (κ1) is 16.3. The van der Waals surface area contributed by atoms with Gasteiger partial charge in [-0.25, -0.2) is 0 Å². The molecule has 1 amide bonds. The van der Waals surface area contributed by atoms with Crippen LogP contribution in [-0.2, 0) is 4.79 Å². The maximum Gasteiger partial charge on any atom is 0.392 e. The molecular weight excluding hydrogens is 257 g/mol. The Morgan fingerprint density at radius 2 is 1.95 bits per heavy atom. The number of carbonyl (C=O) groups excluding carboxylic acids is 1. The molecule has 19 heavy (non-hydrogen) atoms. The molecular formula is C13H23F3N2O. The van der Waals surface area contributed by atoms with E-state index >= 15 is 0 Å². The Morgan fingerprint density at radius 1 is 1.32 bits per heavy atom. The molecule has 1 N–H and O–H groups in total. The predicted molar refractivity (Wildman–Crippen MR) is 67.7 cm³/mol. The summed E-state index contributed by atoms with van der Waals surface area (Å²) in [6.45, 7) is 1.26. The Balaban J connectivity index is 2.61. The largest absolute Gasteiger partial charge is 0.392 e. The minimum absolute atomic E-state index is 0.0876. The monoisotopic (exact) mass is 280 g/mol. The van der Waals surface area contributed by atoms with Crippen LogP contribution in [0.3, 0.4) is 0 Å². The van der Waals surface area contributed by atoms with E-state index in [2.05, 4.69) is 5.32 Å². The van der Waals surface area contributed by atoms with Gasteiger partial charge in [0.1, 0.15) is 0 Å². The lowest BCUT2D eigenvalue weighted by Gasteiger charge is -2.34. The fourth-order valence-electron chi connectivity index (χ4n) is 2.70. The Hall–Kier alpha value is -0.780. The molecule has 0 spiro atoms. The average molecular weight is 280 g/mol. The molecule has 0 aromatic rings. The van der Waals surface area contributed by atoms with Gasteiger partial charge in [-0.1, -0.05) is 12.8 Å². The van der Waals surface area contributed by atoms with Crippen molar-refractivity contribution in [2.45, 2.75) is 38.3 Å². The highest BCUT2D eigenvalue weighted by Crippen LogP contribution is 2.42. The molecule has 1 saturated carbocycles. The van der Waals surface area contributed by atoms with E-state index in [0.29, 0.717) is 25.8 Å². The molecule has 0 aromatic carbocycles. The third kappa shape index (κ3) is 4.67. The van der Waals surface area contributed by atoms with Crippen LogP contribution in [0.25, 0.3) is 0 Å². The van der Waals surface area contributed by atoms with Gasteiger partial charge in [0.2, 0.25) is 5.91 Å². The Morgan fingerprint density at radius 3 is 2.53 bits per heavy atom. The average Bonchev–Trinajstić information content (AvgIpc) is 2.37. The van der Waals surface area contributed by atoms with Crippen molar-refractivity contribution < 1.29 is 18.0 Å². The van der Waals surface area contributed by atoms with Crippen molar-refractivity contribution >= 4 is 5.91 Å². The number of rotatable bonds is 5. The van der Waals surface area contributed by atoms with Crippen LogP contribution in [0, 0.1) is 11.8 Å². The molecule has 6 heteroatoms. The number of nitrogens with zero attached hydrogens (tertiary/aromatic N) is 1. The molecule has 0 heterocycles. The Kier molecular flexibility index (Phi) is 6.10. The second-order valence-electron chi connectivity index (χ2n) is 5.26. The number of nitrogens with one attached hydrogen (secondary N) is 1. The number of carbonyl (C=O) groups is 1. The van der Waals surface area contributed by atoms with Crippen LogP contribution in [0.1, 0.15) is 32.1 Å². The molecule has 3 nitrogen and oxygen atoms in total. The van der Waals surface area contributed by atoms with Gasteiger partial charge in [-0.2, -0.15) is 13.2 Å². The number of halogens is 3. The standard InChI is InChI=1S/C13H23F3N2O/c1-17-8-5-9-18(2)12(19)10-6-3-4-7-11(10)13(14,15)16/h10-11,17H,3-9H2,1-2H3. The fraction of sp³-hybridized carbons (Fsp3) is 0.923. The van der Waals surface area contributed by atoms with Gasteiger partial charge >= 0.3 is 6.18 Å². The molecule has 1 aliphatic rings. The van der Waals surface area contributed by atoms with Gasteiger partial charge in [0.15, 0.2) is 0 Å². The number of hydrogen-bond donors (Lipinski definition) is 1. The summed E-state index contributed by atoms with van der Waals surface area (Å²) < 4.78 is 38.8. The van der Waals surface area contributed by atoms with Crippen molar-refractivity contribution in [3.8, 4) is 0 Å². The summed E-state index contributed by atoms with van der Waals surface area (Å²) in [4.78, 5) is 13.6. The van der Waals surface area contributed by atoms with E-state index in [1.54, 1.807) is 7.05 Å². The molecule has 0 aromatic heterocycles. The second kappa shape index (κ2) is 7.12. The van der Waals surface area contributed by atoms with Crippen LogP contribution in [0.5, 0.6) is 0 Å². The highest BCUT2D eigenvalue weighted by Gasteiger charge is 2.48. The Bertz CT molecular complexity index is 294. The summed E-state index contributed by atoms with van der Waals surface area (Å²) in [5.74, 6) is -2.69. The Labute approximate surface area is 112 Å². The lowest BCUT2D eigenvalue weighted by Crippen LogP contribution is -2.43. The number of amides is 1. The highest BCUT2D eigenvalue weighted by atomic mass is 19.4. The minimum Gasteiger partial charge on any atom is -0.345 e. The van der Waals surface area contributed by atoms with Crippen molar-refractivity contribution in [2.24, 2.45) is 11.8 Å². The van der Waals surface area contributed by atoms with Gasteiger partial charge < -0.3 is 10.2 Å². The van der Waals surface area contributed by atoms with Gasteiger partial charge in [-0.05, 0) is 32.9 Å². The maximum absolute atomic E-state index is 12.9. The van der Waals surface area contributed by atoms with Crippen molar-refractivity contribution in [3.63, 3.8) is 0 Å². The first-order valence-corrected chi connectivity index (χ1v) is 6.84. The zero-order valence-electron chi connectivity index (χ0n) is 11.6. The van der Waals surface area contributed by atoms with Crippen LogP contribution in [0.2, 0.25) is 0 Å². The second-order valence-corrected chi connectivity index (χ2v) is 5.26. The van der Waals surface area contributed by atoms with Crippen LogP contribution in [0.4, 0.5) is 13.2 Å². The molecule has 1 aliphatic carbocycles. The summed E-state index contributed by atoms with van der Waals surface area (Å²) in [5, 5.41) is 2.96. The van der Waals surface area contributed by atoms with Crippen molar-refractivity contribution in [2.75, 3.05) is 27.2 Å². The smallest absolute Gasteiger partial charge is 0.345 e. The molecule has 1 rings (SSSR count). The quantitative estimate of drug-likeness (QED) is 0.784. The first-order valence-electron chi connectivity index (χ1n) is 6.84. The molecule has 0 radical (unpaired) electrons. The van der Waals surface area contributed by atoms with Crippen molar-refractivity contribution in [1.29, 1.82) is 0 Å². The third-order valence-electron chi connectivity index (χ3n) is 3.80. The van der Waals surface area contributed by atoms with E-state index in [9.17, 15) is 18.0 Å². The van der Waals surface area contributed by atoms with Crippen LogP contribution < -0.4 is 5.32 Å². The van der Waals surface area contributed by atoms with Gasteiger partial charge in [0.25, 0.3) is 0 Å². The van der Waals surface area contributed by atoms with E-state index in [0.717, 1.165) is 13.0 Å². The summed E-state index contributed by atoms with van der Waals surface area (Å²) in [6, 6.07) is 0. The zero-order valence-corrected chi connectivity index (χ0v) is 11.6. The van der Waals surface area contributed by atoms with Gasteiger partial charge in [-0.3, -0.25) is 4.79 Å². The molecule has 2 atom stereocenters. The lowest BCUT2D eigenvalue weighted by molar-refractivity contribution is -0.200. The molecule has 112 valence electrons. The summed E-state index contributed by atoms with van der Waals surface area (Å²) >= 11 is 0. The highest BCUT2D eigenvalue weighted by molar-refractivity contribution is 5.79. The third-order valence-corrected chi connectivity index (χ3v) is 3.80. The van der Waals surface area contributed by atoms with Crippen molar-refractivity contribution in [3.05, 3.63) is 0 Å². The van der Waals surface area contributed by atoms with E-state index in [1.807, 2.05) is 7.05 Å². The molecule has 1 fully saturated rings. The molecule has 0 aliphatic heterocycles. The summed E-state index contributed by atoms with van der Waals surface area (Å²) in [6.07, 6.45) is -1.77. The number of hydrogen-bond acceptors (Lipinski definition) is 2. The topological polar surface area (TPSA) is 32.3 Å². The van der Waals surface area contributed by atoms with E-state index in [1.165, 1.54) is 4.90 Å². The zero-order chi connectivity index (χ0) is 14.5. The predicted octanol–water partition coefficient (Wildman–Crippen LogP) is 2.42. The van der Waals surface area contributed by atoms with Crippen LogP contribution in [0.15, 0.2) is 0 Å². The van der Waals surface area contributed by atoms with Crippen molar-refractivity contribution in [1.82, 2.24) is 10.2 Å². The van der Waals surface area contributed by atoms with Gasteiger partial charge in [0.05, 0.1) is 5.92 Å². The normalized spacial score (nSPS) is 24.3. The maximum atomic E-state index is 12.9. The van der Waals surface area contributed by atoms with Gasteiger partial charge in [-0.15, -0.1) is 0 Å². The first-order chi connectivity index (χ1) is 8.88. The molecule has 0 bridgehead atoms. The van der Waals surface area contributed by atoms with E-state index in [4.69, 9.17) is 0 Å². The van der Waals surface area contributed by atoms with Crippen LogP contribution in [-0.4, -0.2) is 44.2 Å². The summed E-state index contributed by atoms with van der Waals surface area (Å²) in [5.41, 5.74) is 0. The molecule has 2 unspecified atom stereocenters. The SMILES string of the molecule is CNCCCN(C)C(=O)C1CCCCC1C(F)(F)F. The molecule has 0 saturated heterocycles.